The van der Waals surface area contributed by atoms with E-state index in [2.05, 4.69) is 50.5 Å². The molecule has 0 aliphatic carbocycles. The Morgan fingerprint density at radius 2 is 1.73 bits per heavy atom. The van der Waals surface area contributed by atoms with Gasteiger partial charge in [-0.15, -0.1) is 0 Å². The molecular formula is C13H25BrO. The number of alkyl halides is 1. The molecule has 0 aliphatic heterocycles. The Bertz CT molecular complexity index is 207. The monoisotopic (exact) mass is 276 g/mol. The lowest BCUT2D eigenvalue weighted by atomic mass is 9.77. The van der Waals surface area contributed by atoms with Crippen LogP contribution in [0.4, 0.5) is 0 Å². The number of halogens is 1. The Morgan fingerprint density at radius 3 is 2.13 bits per heavy atom. The average molecular weight is 277 g/mol. The number of rotatable bonds is 7. The van der Waals surface area contributed by atoms with Crippen LogP contribution in [-0.2, 0) is 4.79 Å². The first kappa shape index (κ1) is 15.2. The van der Waals surface area contributed by atoms with E-state index < -0.39 is 0 Å². The molecule has 0 saturated heterocycles. The molecule has 0 aliphatic rings. The SMILES string of the molecule is CCCCC(=O)C(C)(C)CC(C)(Br)CC. The van der Waals surface area contributed by atoms with Crippen LogP contribution in [0.3, 0.4) is 0 Å². The lowest BCUT2D eigenvalue weighted by Gasteiger charge is -2.31. The fourth-order valence-corrected chi connectivity index (χ4v) is 2.52. The highest BCUT2D eigenvalue weighted by atomic mass is 79.9. The molecule has 15 heavy (non-hydrogen) atoms. The van der Waals surface area contributed by atoms with Crippen LogP contribution < -0.4 is 0 Å². The largest absolute Gasteiger partial charge is 0.299 e. The first-order chi connectivity index (χ1) is 6.75. The summed E-state index contributed by atoms with van der Waals surface area (Å²) >= 11 is 3.70. The second kappa shape index (κ2) is 6.03. The number of hydrogen-bond donors (Lipinski definition) is 0. The zero-order chi connectivity index (χ0) is 12.1. The van der Waals surface area contributed by atoms with Crippen molar-refractivity contribution < 1.29 is 4.79 Å². The van der Waals surface area contributed by atoms with Gasteiger partial charge in [-0.2, -0.15) is 0 Å². The van der Waals surface area contributed by atoms with Gasteiger partial charge in [0.15, 0.2) is 0 Å². The zero-order valence-electron chi connectivity index (χ0n) is 10.8. The number of carbonyl (C=O) groups excluding carboxylic acids is 1. The van der Waals surface area contributed by atoms with Gasteiger partial charge in [0.2, 0.25) is 0 Å². The maximum absolute atomic E-state index is 12.0. The van der Waals surface area contributed by atoms with Gasteiger partial charge in [-0.25, -0.2) is 0 Å². The van der Waals surface area contributed by atoms with E-state index >= 15 is 0 Å². The minimum Gasteiger partial charge on any atom is -0.299 e. The molecule has 0 amide bonds. The molecule has 0 aromatic rings. The Hall–Kier alpha value is 0.150. The molecule has 1 nitrogen and oxygen atoms in total. The van der Waals surface area contributed by atoms with Crippen molar-refractivity contribution in [2.75, 3.05) is 0 Å². The van der Waals surface area contributed by atoms with Crippen molar-refractivity contribution in [1.29, 1.82) is 0 Å². The van der Waals surface area contributed by atoms with Crippen molar-refractivity contribution in [2.45, 2.75) is 71.0 Å². The van der Waals surface area contributed by atoms with Crippen molar-refractivity contribution in [3.05, 3.63) is 0 Å². The van der Waals surface area contributed by atoms with Crippen LogP contribution in [0.2, 0.25) is 0 Å². The van der Waals surface area contributed by atoms with E-state index in [0.717, 1.165) is 32.1 Å². The molecule has 0 fully saturated rings. The molecule has 0 N–H and O–H groups in total. The maximum Gasteiger partial charge on any atom is 0.138 e. The number of Topliss-reactive ketones (excluding diaryl/α,β-unsaturated/α-hetero) is 1. The number of unbranched alkanes of at least 4 members (excludes halogenated alkanes) is 1. The van der Waals surface area contributed by atoms with Gasteiger partial charge < -0.3 is 0 Å². The standard InChI is InChI=1S/C13H25BrO/c1-6-8-9-11(15)12(3,4)10-13(5,14)7-2/h6-10H2,1-5H3. The summed E-state index contributed by atoms with van der Waals surface area (Å²) in [5.74, 6) is 0.406. The van der Waals surface area contributed by atoms with Gasteiger partial charge in [-0.1, -0.05) is 50.0 Å². The third-order valence-corrected chi connectivity index (χ3v) is 3.90. The Morgan fingerprint density at radius 1 is 1.20 bits per heavy atom. The highest BCUT2D eigenvalue weighted by molar-refractivity contribution is 9.10. The summed E-state index contributed by atoms with van der Waals surface area (Å²) in [5, 5.41) is 0. The minimum atomic E-state index is -0.191. The fraction of sp³-hybridized carbons (Fsp3) is 0.923. The number of ketones is 1. The van der Waals surface area contributed by atoms with Gasteiger partial charge in [-0.05, 0) is 26.2 Å². The molecule has 2 heteroatoms. The summed E-state index contributed by atoms with van der Waals surface area (Å²) in [4.78, 5) is 12.0. The third-order valence-electron chi connectivity index (χ3n) is 3.06. The summed E-state index contributed by atoms with van der Waals surface area (Å²) < 4.78 is 0.0956. The molecule has 0 rings (SSSR count). The highest BCUT2D eigenvalue weighted by Crippen LogP contribution is 2.37. The maximum atomic E-state index is 12.0. The molecule has 1 atom stereocenters. The molecule has 0 radical (unpaired) electrons. The van der Waals surface area contributed by atoms with Crippen molar-refractivity contribution in [1.82, 2.24) is 0 Å². The van der Waals surface area contributed by atoms with E-state index in [-0.39, 0.29) is 9.74 Å². The van der Waals surface area contributed by atoms with Gasteiger partial charge in [0.1, 0.15) is 5.78 Å². The minimum absolute atomic E-state index is 0.0956. The molecule has 0 heterocycles. The lowest BCUT2D eigenvalue weighted by Crippen LogP contribution is -2.32. The quantitative estimate of drug-likeness (QED) is 0.615. The van der Waals surface area contributed by atoms with E-state index in [1.54, 1.807) is 0 Å². The van der Waals surface area contributed by atoms with E-state index in [4.69, 9.17) is 0 Å². The van der Waals surface area contributed by atoms with Crippen LogP contribution in [0.15, 0.2) is 0 Å². The van der Waals surface area contributed by atoms with Crippen LogP contribution in [-0.4, -0.2) is 10.1 Å². The predicted octanol–water partition coefficient (Wildman–Crippen LogP) is 4.73. The molecule has 0 spiro atoms. The van der Waals surface area contributed by atoms with Crippen molar-refractivity contribution in [3.8, 4) is 0 Å². The van der Waals surface area contributed by atoms with Crippen molar-refractivity contribution >= 4 is 21.7 Å². The van der Waals surface area contributed by atoms with Crippen LogP contribution >= 0.6 is 15.9 Å². The summed E-state index contributed by atoms with van der Waals surface area (Å²) in [6, 6.07) is 0. The van der Waals surface area contributed by atoms with Gasteiger partial charge in [-0.3, -0.25) is 4.79 Å². The Kier molecular flexibility index (Phi) is 6.09. The molecular weight excluding hydrogens is 252 g/mol. The van der Waals surface area contributed by atoms with E-state index in [1.807, 2.05) is 0 Å². The second-order valence-electron chi connectivity index (χ2n) is 5.35. The summed E-state index contributed by atoms with van der Waals surface area (Å²) in [5.41, 5.74) is -0.191. The molecule has 0 aromatic carbocycles. The van der Waals surface area contributed by atoms with E-state index in [9.17, 15) is 4.79 Å². The summed E-state index contributed by atoms with van der Waals surface area (Å²) in [6.07, 6.45) is 4.82. The molecule has 90 valence electrons. The first-order valence-corrected chi connectivity index (χ1v) is 6.76. The van der Waals surface area contributed by atoms with Crippen LogP contribution in [0.5, 0.6) is 0 Å². The number of hydrogen-bond acceptors (Lipinski definition) is 1. The summed E-state index contributed by atoms with van der Waals surface area (Å²) in [7, 11) is 0. The fourth-order valence-electron chi connectivity index (χ4n) is 1.82. The van der Waals surface area contributed by atoms with Crippen molar-refractivity contribution in [3.63, 3.8) is 0 Å². The number of carbonyl (C=O) groups is 1. The van der Waals surface area contributed by atoms with Crippen LogP contribution in [0.25, 0.3) is 0 Å². The molecule has 0 saturated carbocycles. The highest BCUT2D eigenvalue weighted by Gasteiger charge is 2.33. The zero-order valence-corrected chi connectivity index (χ0v) is 12.4. The van der Waals surface area contributed by atoms with Gasteiger partial charge >= 0.3 is 0 Å². The van der Waals surface area contributed by atoms with Gasteiger partial charge in [0.05, 0.1) is 0 Å². The topological polar surface area (TPSA) is 17.1 Å². The summed E-state index contributed by atoms with van der Waals surface area (Å²) in [6.45, 7) is 10.6. The first-order valence-electron chi connectivity index (χ1n) is 5.97. The van der Waals surface area contributed by atoms with E-state index in [0.29, 0.717) is 5.78 Å². The smallest absolute Gasteiger partial charge is 0.138 e. The van der Waals surface area contributed by atoms with Gasteiger partial charge in [0, 0.05) is 16.2 Å². The Balaban J connectivity index is 4.34. The van der Waals surface area contributed by atoms with Crippen LogP contribution in [0.1, 0.15) is 66.7 Å². The normalized spacial score (nSPS) is 16.1. The average Bonchev–Trinajstić information content (AvgIpc) is 2.12. The molecule has 1 unspecified atom stereocenters. The molecule has 0 aromatic heterocycles. The van der Waals surface area contributed by atoms with Crippen LogP contribution in [0, 0.1) is 5.41 Å². The van der Waals surface area contributed by atoms with E-state index in [1.165, 1.54) is 0 Å². The predicted molar refractivity (Wildman–Crippen MR) is 70.6 cm³/mol. The lowest BCUT2D eigenvalue weighted by molar-refractivity contribution is -0.127. The van der Waals surface area contributed by atoms with Gasteiger partial charge in [0.25, 0.3) is 0 Å². The Labute approximate surface area is 103 Å². The van der Waals surface area contributed by atoms with Crippen molar-refractivity contribution in [2.24, 2.45) is 5.41 Å². The third kappa shape index (κ3) is 5.70. The molecule has 0 bridgehead atoms. The second-order valence-corrected chi connectivity index (χ2v) is 7.27.